The Morgan fingerprint density at radius 3 is 3.07 bits per heavy atom. The molecule has 2 aliphatic rings. The second kappa shape index (κ2) is 4.77. The van der Waals surface area contributed by atoms with Gasteiger partial charge in [0.25, 0.3) is 0 Å². The average molecular weight is 198 g/mol. The molecular weight excluding hydrogens is 180 g/mol. The van der Waals surface area contributed by atoms with Crippen LogP contribution in [0.1, 0.15) is 19.3 Å². The SMILES string of the molecule is NNC(CC1CCOC1)C1=CCCO1. The van der Waals surface area contributed by atoms with E-state index in [0.717, 1.165) is 44.8 Å². The Kier molecular flexibility index (Phi) is 3.39. The predicted octanol–water partition coefficient (Wildman–Crippen LogP) is 0.549. The van der Waals surface area contributed by atoms with E-state index in [1.54, 1.807) is 0 Å². The highest BCUT2D eigenvalue weighted by Gasteiger charge is 2.24. The van der Waals surface area contributed by atoms with Crippen molar-refractivity contribution in [3.8, 4) is 0 Å². The van der Waals surface area contributed by atoms with Gasteiger partial charge in [-0.3, -0.25) is 5.84 Å². The Hall–Kier alpha value is -0.580. The zero-order valence-corrected chi connectivity index (χ0v) is 8.37. The van der Waals surface area contributed by atoms with Crippen molar-refractivity contribution in [1.82, 2.24) is 5.43 Å². The quantitative estimate of drug-likeness (QED) is 0.511. The Bertz CT molecular complexity index is 212. The average Bonchev–Trinajstić information content (AvgIpc) is 2.86. The van der Waals surface area contributed by atoms with Crippen LogP contribution in [-0.4, -0.2) is 25.9 Å². The van der Waals surface area contributed by atoms with Crippen LogP contribution in [0.4, 0.5) is 0 Å². The molecule has 2 unspecified atom stereocenters. The molecule has 0 radical (unpaired) electrons. The highest BCUT2D eigenvalue weighted by atomic mass is 16.5. The largest absolute Gasteiger partial charge is 0.496 e. The van der Waals surface area contributed by atoms with Crippen LogP contribution in [0.25, 0.3) is 0 Å². The first-order valence-corrected chi connectivity index (χ1v) is 5.27. The van der Waals surface area contributed by atoms with E-state index in [0.29, 0.717) is 5.92 Å². The maximum Gasteiger partial charge on any atom is 0.110 e. The van der Waals surface area contributed by atoms with Gasteiger partial charge in [0.2, 0.25) is 0 Å². The van der Waals surface area contributed by atoms with Gasteiger partial charge in [-0.2, -0.15) is 0 Å². The van der Waals surface area contributed by atoms with Gasteiger partial charge in [-0.05, 0) is 24.8 Å². The molecule has 2 aliphatic heterocycles. The second-order valence-electron chi connectivity index (χ2n) is 3.93. The minimum absolute atomic E-state index is 0.171. The first-order chi connectivity index (χ1) is 6.90. The third-order valence-electron chi connectivity index (χ3n) is 2.87. The Morgan fingerprint density at radius 1 is 1.57 bits per heavy atom. The number of hydrogen-bond acceptors (Lipinski definition) is 4. The molecule has 80 valence electrons. The van der Waals surface area contributed by atoms with Crippen molar-refractivity contribution in [2.75, 3.05) is 19.8 Å². The summed E-state index contributed by atoms with van der Waals surface area (Å²) in [6.45, 7) is 2.56. The van der Waals surface area contributed by atoms with E-state index >= 15 is 0 Å². The minimum Gasteiger partial charge on any atom is -0.496 e. The molecule has 0 aromatic rings. The van der Waals surface area contributed by atoms with E-state index in [4.69, 9.17) is 15.3 Å². The minimum atomic E-state index is 0.171. The predicted molar refractivity (Wildman–Crippen MR) is 53.3 cm³/mol. The van der Waals surface area contributed by atoms with Crippen molar-refractivity contribution < 1.29 is 9.47 Å². The molecular formula is C10H18N2O2. The van der Waals surface area contributed by atoms with Crippen LogP contribution >= 0.6 is 0 Å². The van der Waals surface area contributed by atoms with Gasteiger partial charge < -0.3 is 9.47 Å². The van der Waals surface area contributed by atoms with Gasteiger partial charge in [0.05, 0.1) is 12.6 Å². The summed E-state index contributed by atoms with van der Waals surface area (Å²) >= 11 is 0. The fourth-order valence-electron chi connectivity index (χ4n) is 2.05. The second-order valence-corrected chi connectivity index (χ2v) is 3.93. The van der Waals surface area contributed by atoms with Crippen molar-refractivity contribution in [2.24, 2.45) is 11.8 Å². The first-order valence-electron chi connectivity index (χ1n) is 5.27. The Morgan fingerprint density at radius 2 is 2.50 bits per heavy atom. The molecule has 0 bridgehead atoms. The van der Waals surface area contributed by atoms with Crippen LogP contribution in [0.2, 0.25) is 0 Å². The number of nitrogens with one attached hydrogen (secondary N) is 1. The molecule has 0 spiro atoms. The maximum absolute atomic E-state index is 5.52. The summed E-state index contributed by atoms with van der Waals surface area (Å²) in [6, 6.07) is 0.171. The molecule has 2 heterocycles. The molecule has 0 aromatic carbocycles. The standard InChI is InChI=1S/C10H18N2O2/c11-12-9(10-2-1-4-14-10)6-8-3-5-13-7-8/h2,8-9,12H,1,3-7,11H2. The summed E-state index contributed by atoms with van der Waals surface area (Å²) in [5.41, 5.74) is 2.82. The topological polar surface area (TPSA) is 56.5 Å². The molecule has 0 aromatic heterocycles. The molecule has 2 atom stereocenters. The summed E-state index contributed by atoms with van der Waals surface area (Å²) in [4.78, 5) is 0. The normalized spacial score (nSPS) is 28.6. The Balaban J connectivity index is 1.85. The molecule has 4 heteroatoms. The van der Waals surface area contributed by atoms with Crippen molar-refractivity contribution in [1.29, 1.82) is 0 Å². The first kappa shape index (κ1) is 9.96. The number of hydrogen-bond donors (Lipinski definition) is 2. The zero-order chi connectivity index (χ0) is 9.80. The van der Waals surface area contributed by atoms with Crippen molar-refractivity contribution >= 4 is 0 Å². The molecule has 2 rings (SSSR count). The number of hydrazine groups is 1. The smallest absolute Gasteiger partial charge is 0.110 e. The zero-order valence-electron chi connectivity index (χ0n) is 8.37. The highest BCUT2D eigenvalue weighted by Crippen LogP contribution is 2.23. The Labute approximate surface area is 84.4 Å². The van der Waals surface area contributed by atoms with Gasteiger partial charge in [-0.15, -0.1) is 0 Å². The van der Waals surface area contributed by atoms with Crippen LogP contribution in [-0.2, 0) is 9.47 Å². The van der Waals surface area contributed by atoms with Gasteiger partial charge in [-0.1, -0.05) is 0 Å². The van der Waals surface area contributed by atoms with Crippen LogP contribution in [0, 0.1) is 5.92 Å². The van der Waals surface area contributed by atoms with Crippen LogP contribution in [0.3, 0.4) is 0 Å². The van der Waals surface area contributed by atoms with Gasteiger partial charge in [0.15, 0.2) is 0 Å². The fourth-order valence-corrected chi connectivity index (χ4v) is 2.05. The van der Waals surface area contributed by atoms with Crippen LogP contribution in [0.5, 0.6) is 0 Å². The lowest BCUT2D eigenvalue weighted by Gasteiger charge is -2.19. The van der Waals surface area contributed by atoms with Gasteiger partial charge in [0, 0.05) is 19.6 Å². The van der Waals surface area contributed by atoms with E-state index in [1.807, 2.05) is 0 Å². The molecule has 0 aliphatic carbocycles. The van der Waals surface area contributed by atoms with Crippen molar-refractivity contribution in [3.05, 3.63) is 11.8 Å². The summed E-state index contributed by atoms with van der Waals surface area (Å²) in [6.07, 6.45) is 5.29. The molecule has 1 fully saturated rings. The van der Waals surface area contributed by atoms with Crippen LogP contribution in [0.15, 0.2) is 11.8 Å². The lowest BCUT2D eigenvalue weighted by Crippen LogP contribution is -2.38. The molecule has 4 nitrogen and oxygen atoms in total. The third-order valence-corrected chi connectivity index (χ3v) is 2.87. The molecule has 0 amide bonds. The monoisotopic (exact) mass is 198 g/mol. The van der Waals surface area contributed by atoms with Gasteiger partial charge in [0.1, 0.15) is 5.76 Å². The van der Waals surface area contributed by atoms with E-state index in [2.05, 4.69) is 11.5 Å². The van der Waals surface area contributed by atoms with E-state index in [9.17, 15) is 0 Å². The number of nitrogens with two attached hydrogens (primary N) is 1. The number of rotatable bonds is 4. The van der Waals surface area contributed by atoms with Gasteiger partial charge >= 0.3 is 0 Å². The molecule has 0 saturated carbocycles. The summed E-state index contributed by atoms with van der Waals surface area (Å²) < 4.78 is 10.8. The van der Waals surface area contributed by atoms with E-state index in [-0.39, 0.29) is 6.04 Å². The fraction of sp³-hybridized carbons (Fsp3) is 0.800. The maximum atomic E-state index is 5.52. The van der Waals surface area contributed by atoms with E-state index in [1.165, 1.54) is 0 Å². The van der Waals surface area contributed by atoms with Crippen LogP contribution < -0.4 is 11.3 Å². The lowest BCUT2D eigenvalue weighted by atomic mass is 9.98. The van der Waals surface area contributed by atoms with Crippen molar-refractivity contribution in [2.45, 2.75) is 25.3 Å². The molecule has 1 saturated heterocycles. The van der Waals surface area contributed by atoms with Gasteiger partial charge in [-0.25, -0.2) is 5.43 Å². The lowest BCUT2D eigenvalue weighted by molar-refractivity contribution is 0.173. The van der Waals surface area contributed by atoms with E-state index < -0.39 is 0 Å². The summed E-state index contributed by atoms with van der Waals surface area (Å²) in [7, 11) is 0. The van der Waals surface area contributed by atoms with Crippen molar-refractivity contribution in [3.63, 3.8) is 0 Å². The summed E-state index contributed by atoms with van der Waals surface area (Å²) in [5, 5.41) is 0. The molecule has 3 N–H and O–H groups in total. The number of ether oxygens (including phenoxy) is 2. The molecule has 14 heavy (non-hydrogen) atoms. The third kappa shape index (κ3) is 2.26. The highest BCUT2D eigenvalue weighted by molar-refractivity contribution is 5.07. The summed E-state index contributed by atoms with van der Waals surface area (Å²) in [5.74, 6) is 7.16.